The van der Waals surface area contributed by atoms with Crippen molar-refractivity contribution in [3.8, 4) is 0 Å². The molecule has 2 rings (SSSR count). The van der Waals surface area contributed by atoms with Crippen molar-refractivity contribution in [3.05, 3.63) is 73.7 Å². The Hall–Kier alpha value is -1.72. The molecule has 2 aromatic rings. The van der Waals surface area contributed by atoms with Gasteiger partial charge in [-0.05, 0) is 24.1 Å². The molecule has 1 N–H and O–H groups in total. The third-order valence-electron chi connectivity index (χ3n) is 3.27. The smallest absolute Gasteiger partial charge is 0.272 e. The van der Waals surface area contributed by atoms with Crippen LogP contribution in [0.5, 0.6) is 0 Å². The van der Waals surface area contributed by atoms with E-state index in [-0.39, 0.29) is 12.1 Å². The molecular weight excluding hydrogens is 322 g/mol. The van der Waals surface area contributed by atoms with Crippen LogP contribution in [0.2, 0.25) is 0 Å². The summed E-state index contributed by atoms with van der Waals surface area (Å²) in [7, 11) is 0. The van der Waals surface area contributed by atoms with Crippen LogP contribution in [0.15, 0.2) is 46.9 Å². The maximum absolute atomic E-state index is 11.0. The zero-order chi connectivity index (χ0) is 14.7. The summed E-state index contributed by atoms with van der Waals surface area (Å²) in [5.41, 5.74) is 2.29. The number of nitrogens with zero attached hydrogens (tertiary/aromatic N) is 1. The molecule has 0 aliphatic heterocycles. The Balaban J connectivity index is 2.30. The van der Waals surface area contributed by atoms with E-state index in [1.54, 1.807) is 18.2 Å². The predicted molar refractivity (Wildman–Crippen MR) is 80.6 cm³/mol. The van der Waals surface area contributed by atoms with Gasteiger partial charge in [-0.25, -0.2) is 0 Å². The van der Waals surface area contributed by atoms with Gasteiger partial charge in [0.2, 0.25) is 0 Å². The highest BCUT2D eigenvalue weighted by atomic mass is 79.9. The molecule has 0 aromatic heterocycles. The second-order valence-electron chi connectivity index (χ2n) is 4.56. The summed E-state index contributed by atoms with van der Waals surface area (Å²) in [6.45, 7) is 1.90. The summed E-state index contributed by atoms with van der Waals surface area (Å²) < 4.78 is 0.914. The molecule has 0 aliphatic carbocycles. The highest BCUT2D eigenvalue weighted by Gasteiger charge is 2.18. The van der Waals surface area contributed by atoms with Gasteiger partial charge in [0.15, 0.2) is 0 Å². The highest BCUT2D eigenvalue weighted by Crippen LogP contribution is 2.29. The molecule has 0 fully saturated rings. The minimum atomic E-state index is -0.770. The summed E-state index contributed by atoms with van der Waals surface area (Å²) in [4.78, 5) is 10.6. The van der Waals surface area contributed by atoms with E-state index >= 15 is 0 Å². The fourth-order valence-corrected chi connectivity index (χ4v) is 2.55. The molecule has 0 heterocycles. The number of para-hydroxylation sites is 1. The molecule has 2 aromatic carbocycles. The van der Waals surface area contributed by atoms with Crippen LogP contribution in [-0.4, -0.2) is 10.0 Å². The lowest BCUT2D eigenvalue weighted by Gasteiger charge is -2.15. The quantitative estimate of drug-likeness (QED) is 0.679. The third-order valence-corrected chi connectivity index (χ3v) is 4.13. The molecule has 0 bridgehead atoms. The van der Waals surface area contributed by atoms with E-state index in [9.17, 15) is 15.2 Å². The van der Waals surface area contributed by atoms with Gasteiger partial charge in [0.1, 0.15) is 0 Å². The topological polar surface area (TPSA) is 63.4 Å². The average molecular weight is 336 g/mol. The van der Waals surface area contributed by atoms with Gasteiger partial charge in [0.05, 0.1) is 11.0 Å². The third kappa shape index (κ3) is 3.05. The van der Waals surface area contributed by atoms with Crippen LogP contribution in [0, 0.1) is 17.0 Å². The largest absolute Gasteiger partial charge is 0.388 e. The molecule has 1 unspecified atom stereocenters. The van der Waals surface area contributed by atoms with Crippen molar-refractivity contribution in [2.45, 2.75) is 19.4 Å². The Morgan fingerprint density at radius 3 is 2.65 bits per heavy atom. The number of hydrogen-bond donors (Lipinski definition) is 1. The van der Waals surface area contributed by atoms with Crippen molar-refractivity contribution in [1.82, 2.24) is 0 Å². The van der Waals surface area contributed by atoms with Crippen LogP contribution in [0.3, 0.4) is 0 Å². The molecule has 0 aliphatic rings. The van der Waals surface area contributed by atoms with Gasteiger partial charge in [-0.1, -0.05) is 46.3 Å². The minimum absolute atomic E-state index is 0.0409. The lowest BCUT2D eigenvalue weighted by molar-refractivity contribution is -0.385. The monoisotopic (exact) mass is 335 g/mol. The van der Waals surface area contributed by atoms with Crippen molar-refractivity contribution in [1.29, 1.82) is 0 Å². The highest BCUT2D eigenvalue weighted by molar-refractivity contribution is 9.10. The summed E-state index contributed by atoms with van der Waals surface area (Å²) in [5, 5.41) is 21.3. The van der Waals surface area contributed by atoms with Gasteiger partial charge < -0.3 is 5.11 Å². The molecule has 5 heteroatoms. The van der Waals surface area contributed by atoms with Gasteiger partial charge in [0, 0.05) is 22.5 Å². The van der Waals surface area contributed by atoms with Crippen LogP contribution in [0.1, 0.15) is 22.8 Å². The Labute approximate surface area is 125 Å². The number of nitro benzene ring substituents is 1. The van der Waals surface area contributed by atoms with Crippen molar-refractivity contribution < 1.29 is 10.0 Å². The fourth-order valence-electron chi connectivity index (χ4n) is 2.16. The van der Waals surface area contributed by atoms with Crippen LogP contribution < -0.4 is 0 Å². The Morgan fingerprint density at radius 1 is 1.25 bits per heavy atom. The lowest BCUT2D eigenvalue weighted by atomic mass is 9.97. The van der Waals surface area contributed by atoms with Crippen LogP contribution >= 0.6 is 15.9 Å². The van der Waals surface area contributed by atoms with E-state index in [0.717, 1.165) is 15.6 Å². The predicted octanol–water partition coefficient (Wildman–Crippen LogP) is 3.94. The maximum Gasteiger partial charge on any atom is 0.272 e. The van der Waals surface area contributed by atoms with E-state index < -0.39 is 11.0 Å². The number of rotatable bonds is 4. The lowest BCUT2D eigenvalue weighted by Crippen LogP contribution is -2.06. The van der Waals surface area contributed by atoms with Gasteiger partial charge in [-0.2, -0.15) is 0 Å². The van der Waals surface area contributed by atoms with Crippen LogP contribution in [-0.2, 0) is 6.42 Å². The summed E-state index contributed by atoms with van der Waals surface area (Å²) in [6, 6.07) is 12.1. The minimum Gasteiger partial charge on any atom is -0.388 e. The van der Waals surface area contributed by atoms with Crippen LogP contribution in [0.25, 0.3) is 0 Å². The fraction of sp³-hybridized carbons (Fsp3) is 0.200. The molecule has 0 radical (unpaired) electrons. The van der Waals surface area contributed by atoms with E-state index in [4.69, 9.17) is 0 Å². The number of aliphatic hydroxyl groups is 1. The Morgan fingerprint density at radius 2 is 1.95 bits per heavy atom. The normalized spacial score (nSPS) is 12.2. The molecule has 0 amide bonds. The maximum atomic E-state index is 11.0. The summed E-state index contributed by atoms with van der Waals surface area (Å²) in [5.74, 6) is 0. The number of aliphatic hydroxyl groups excluding tert-OH is 1. The molecular formula is C15H14BrNO3. The van der Waals surface area contributed by atoms with E-state index in [1.165, 1.54) is 6.07 Å². The Kier molecular flexibility index (Phi) is 4.52. The first-order chi connectivity index (χ1) is 9.50. The average Bonchev–Trinajstić information content (AvgIpc) is 2.42. The summed E-state index contributed by atoms with van der Waals surface area (Å²) in [6.07, 6.45) is -0.553. The van der Waals surface area contributed by atoms with Gasteiger partial charge in [-0.3, -0.25) is 10.1 Å². The molecule has 104 valence electrons. The molecule has 0 saturated heterocycles. The number of benzene rings is 2. The van der Waals surface area contributed by atoms with Crippen molar-refractivity contribution in [2.75, 3.05) is 0 Å². The first kappa shape index (κ1) is 14.7. The molecule has 0 saturated carbocycles. The first-order valence-corrected chi connectivity index (χ1v) is 6.95. The number of hydrogen-bond acceptors (Lipinski definition) is 3. The zero-order valence-electron chi connectivity index (χ0n) is 10.9. The van der Waals surface area contributed by atoms with Gasteiger partial charge in [-0.15, -0.1) is 0 Å². The standard InChI is InChI=1S/C15H14BrNO3/c1-10-12(6-4-7-13(10)16)15(18)9-11-5-2-3-8-14(11)17(19)20/h2-8,15,18H,9H2,1H3. The molecule has 1 atom stereocenters. The van der Waals surface area contributed by atoms with Gasteiger partial charge in [0.25, 0.3) is 5.69 Å². The zero-order valence-corrected chi connectivity index (χ0v) is 12.5. The second kappa shape index (κ2) is 6.15. The SMILES string of the molecule is Cc1c(Br)cccc1C(O)Cc1ccccc1[N+](=O)[O-]. The number of nitro groups is 1. The first-order valence-electron chi connectivity index (χ1n) is 6.16. The molecule has 4 nitrogen and oxygen atoms in total. The molecule has 20 heavy (non-hydrogen) atoms. The van der Waals surface area contributed by atoms with Crippen molar-refractivity contribution in [3.63, 3.8) is 0 Å². The number of halogens is 1. The Bertz CT molecular complexity index is 643. The summed E-state index contributed by atoms with van der Waals surface area (Å²) >= 11 is 3.42. The molecule has 0 spiro atoms. The van der Waals surface area contributed by atoms with Gasteiger partial charge >= 0.3 is 0 Å². The van der Waals surface area contributed by atoms with Crippen LogP contribution in [0.4, 0.5) is 5.69 Å². The van der Waals surface area contributed by atoms with E-state index in [0.29, 0.717) is 5.56 Å². The van der Waals surface area contributed by atoms with E-state index in [1.807, 2.05) is 25.1 Å². The van der Waals surface area contributed by atoms with E-state index in [2.05, 4.69) is 15.9 Å². The second-order valence-corrected chi connectivity index (χ2v) is 5.41. The van der Waals surface area contributed by atoms with Crippen molar-refractivity contribution in [2.24, 2.45) is 0 Å². The van der Waals surface area contributed by atoms with Crippen molar-refractivity contribution >= 4 is 21.6 Å².